The maximum atomic E-state index is 13.8. The first-order chi connectivity index (χ1) is 7.13. The van der Waals surface area contributed by atoms with Gasteiger partial charge in [0.05, 0.1) is 10.1 Å². The van der Waals surface area contributed by atoms with Crippen LogP contribution in [0.25, 0.3) is 0 Å². The van der Waals surface area contributed by atoms with E-state index in [9.17, 15) is 26.3 Å². The number of allylic oxidation sites excluding steroid dienone is 4. The highest BCUT2D eigenvalue weighted by Gasteiger charge is 3.07. The van der Waals surface area contributed by atoms with E-state index < -0.39 is 44.4 Å². The number of fused-ring (bicyclic) bond motifs is 4. The van der Waals surface area contributed by atoms with Crippen LogP contribution in [0.5, 0.6) is 0 Å². The molecule has 0 aromatic heterocycles. The molecule has 0 aromatic rings. The summed E-state index contributed by atoms with van der Waals surface area (Å²) in [4.78, 5) is 0. The molecule has 0 nitrogen and oxygen atoms in total. The number of hydrogen-bond acceptors (Lipinski definition) is 0. The van der Waals surface area contributed by atoms with Gasteiger partial charge in [-0.2, -0.15) is 0 Å². The molecule has 4 atom stereocenters. The van der Waals surface area contributed by atoms with E-state index in [2.05, 4.69) is 0 Å². The molecule has 0 unspecified atom stereocenters. The summed E-state index contributed by atoms with van der Waals surface area (Å²) < 4.78 is 80.3. The fraction of sp³-hybridized carbons (Fsp3) is 0.500. The molecule has 0 N–H and O–H groups in total. The van der Waals surface area contributed by atoms with Crippen molar-refractivity contribution in [1.82, 2.24) is 0 Å². The molecule has 0 saturated heterocycles. The predicted molar refractivity (Wildman–Crippen MR) is 43.3 cm³/mol. The lowest BCUT2D eigenvalue weighted by molar-refractivity contribution is -0.333. The fourth-order valence-corrected chi connectivity index (χ4v) is 3.36. The van der Waals surface area contributed by atoms with Crippen LogP contribution in [0.2, 0.25) is 0 Å². The van der Waals surface area contributed by atoms with E-state index >= 15 is 0 Å². The Bertz CT molecular complexity index is 409. The minimum atomic E-state index is -4.05. The van der Waals surface area contributed by atoms with Crippen LogP contribution in [-0.2, 0) is 0 Å². The monoisotopic (exact) mass is 280 g/mol. The molecule has 0 aliphatic heterocycles. The number of rotatable bonds is 0. The SMILES string of the molecule is FC1=C(F)[C@]2(F)[C@@]1(F)[C@@]1(F)C(Cl)=C(Cl)[C@@]21F. The van der Waals surface area contributed by atoms with Gasteiger partial charge in [-0.1, -0.05) is 23.2 Å². The Morgan fingerprint density at radius 3 is 1.12 bits per heavy atom. The van der Waals surface area contributed by atoms with Gasteiger partial charge in [0.15, 0.2) is 11.7 Å². The highest BCUT2D eigenvalue weighted by atomic mass is 35.5. The van der Waals surface area contributed by atoms with Crippen LogP contribution in [-0.4, -0.2) is 22.7 Å². The van der Waals surface area contributed by atoms with Gasteiger partial charge in [-0.05, 0) is 0 Å². The molecule has 88 valence electrons. The summed E-state index contributed by atoms with van der Waals surface area (Å²) in [7, 11) is 0. The summed E-state index contributed by atoms with van der Waals surface area (Å²) in [5.74, 6) is -4.62. The minimum Gasteiger partial charge on any atom is -0.229 e. The van der Waals surface area contributed by atoms with Crippen molar-refractivity contribution >= 4 is 23.2 Å². The first-order valence-corrected chi connectivity index (χ1v) is 4.77. The summed E-state index contributed by atoms with van der Waals surface area (Å²) in [6.45, 7) is 0. The van der Waals surface area contributed by atoms with Gasteiger partial charge >= 0.3 is 0 Å². The number of hydrogen-bond donors (Lipinski definition) is 0. The molecule has 3 rings (SSSR count). The van der Waals surface area contributed by atoms with E-state index in [1.807, 2.05) is 0 Å². The van der Waals surface area contributed by atoms with Crippen LogP contribution in [0.15, 0.2) is 21.7 Å². The molecule has 16 heavy (non-hydrogen) atoms. The molecule has 1 fully saturated rings. The van der Waals surface area contributed by atoms with Crippen molar-refractivity contribution in [2.75, 3.05) is 0 Å². The lowest BCUT2D eigenvalue weighted by atomic mass is 9.37. The van der Waals surface area contributed by atoms with Gasteiger partial charge in [0.1, 0.15) is 0 Å². The van der Waals surface area contributed by atoms with Crippen molar-refractivity contribution in [3.05, 3.63) is 21.7 Å². The van der Waals surface area contributed by atoms with Gasteiger partial charge in [-0.3, -0.25) is 0 Å². The third-order valence-electron chi connectivity index (χ3n) is 3.49. The largest absolute Gasteiger partial charge is 0.251 e. The molecule has 0 bridgehead atoms. The highest BCUT2D eigenvalue weighted by Crippen LogP contribution is 2.86. The van der Waals surface area contributed by atoms with Gasteiger partial charge in [0.2, 0.25) is 11.3 Å². The Hall–Kier alpha value is -0.360. The van der Waals surface area contributed by atoms with E-state index in [1.54, 1.807) is 0 Å². The highest BCUT2D eigenvalue weighted by molar-refractivity contribution is 6.44. The third-order valence-corrected chi connectivity index (χ3v) is 4.49. The third kappa shape index (κ3) is 0.476. The Labute approximate surface area is 94.5 Å². The summed E-state index contributed by atoms with van der Waals surface area (Å²) in [6, 6.07) is 0. The van der Waals surface area contributed by atoms with Crippen molar-refractivity contribution in [1.29, 1.82) is 0 Å². The fourth-order valence-electron chi connectivity index (χ4n) is 2.58. The van der Waals surface area contributed by atoms with Gasteiger partial charge in [-0.25, -0.2) is 26.3 Å². The van der Waals surface area contributed by atoms with Crippen molar-refractivity contribution in [3.63, 3.8) is 0 Å². The predicted octanol–water partition coefficient (Wildman–Crippen LogP) is 3.70. The van der Waals surface area contributed by atoms with Crippen molar-refractivity contribution < 1.29 is 26.3 Å². The van der Waals surface area contributed by atoms with E-state index in [4.69, 9.17) is 23.2 Å². The average Bonchev–Trinajstić information content (AvgIpc) is 2.30. The first kappa shape index (κ1) is 10.8. The zero-order valence-corrected chi connectivity index (χ0v) is 8.54. The maximum Gasteiger partial charge on any atom is 0.251 e. The Morgan fingerprint density at radius 2 is 0.875 bits per heavy atom. The Morgan fingerprint density at radius 1 is 0.625 bits per heavy atom. The van der Waals surface area contributed by atoms with Gasteiger partial charge < -0.3 is 0 Å². The second-order valence-electron chi connectivity index (χ2n) is 3.89. The van der Waals surface area contributed by atoms with Gasteiger partial charge in [0.25, 0.3) is 11.3 Å². The number of alkyl halides is 4. The van der Waals surface area contributed by atoms with Gasteiger partial charge in [-0.15, -0.1) is 0 Å². The Balaban J connectivity index is 2.32. The van der Waals surface area contributed by atoms with Crippen LogP contribution >= 0.6 is 23.2 Å². The standard InChI is InChI=1S/C8Cl2F6/c9-1-2(10)6(14)5(1,13)7(15)3(11)4(12)8(6,7)16/t5-,6+,7+,8-. The molecule has 0 aromatic carbocycles. The van der Waals surface area contributed by atoms with Crippen LogP contribution < -0.4 is 0 Å². The van der Waals surface area contributed by atoms with Crippen LogP contribution in [0.1, 0.15) is 0 Å². The average molecular weight is 281 g/mol. The second-order valence-corrected chi connectivity index (χ2v) is 4.65. The molecular formula is C8Cl2F6. The summed E-state index contributed by atoms with van der Waals surface area (Å²) in [6.07, 6.45) is 0. The smallest absolute Gasteiger partial charge is 0.229 e. The molecular weight excluding hydrogens is 281 g/mol. The molecule has 8 heteroatoms. The topological polar surface area (TPSA) is 0 Å². The summed E-state index contributed by atoms with van der Waals surface area (Å²) in [5, 5.41) is -2.34. The number of halogens is 8. The van der Waals surface area contributed by atoms with Gasteiger partial charge in [0, 0.05) is 0 Å². The van der Waals surface area contributed by atoms with Crippen molar-refractivity contribution in [3.8, 4) is 0 Å². The zero-order chi connectivity index (χ0) is 12.3. The van der Waals surface area contributed by atoms with E-state index in [0.29, 0.717) is 0 Å². The van der Waals surface area contributed by atoms with E-state index in [1.165, 1.54) is 0 Å². The summed E-state index contributed by atoms with van der Waals surface area (Å²) in [5.41, 5.74) is -15.6. The lowest BCUT2D eigenvalue weighted by Crippen LogP contribution is -2.97. The maximum absolute atomic E-state index is 13.8. The molecule has 0 radical (unpaired) electrons. The Kier molecular flexibility index (Phi) is 1.44. The van der Waals surface area contributed by atoms with E-state index in [0.717, 1.165) is 0 Å². The minimum absolute atomic E-state index is 1.17. The molecule has 3 aliphatic rings. The lowest BCUT2D eigenvalue weighted by Gasteiger charge is -2.72. The normalized spacial score (nSPS) is 58.5. The molecule has 3 aliphatic carbocycles. The molecule has 0 heterocycles. The summed E-state index contributed by atoms with van der Waals surface area (Å²) >= 11 is 10.2. The molecule has 1 saturated carbocycles. The van der Waals surface area contributed by atoms with E-state index in [-0.39, 0.29) is 0 Å². The second kappa shape index (κ2) is 2.14. The van der Waals surface area contributed by atoms with Crippen molar-refractivity contribution in [2.45, 2.75) is 22.7 Å². The van der Waals surface area contributed by atoms with Crippen LogP contribution in [0.4, 0.5) is 26.3 Å². The quantitative estimate of drug-likeness (QED) is 0.594. The zero-order valence-electron chi connectivity index (χ0n) is 7.02. The molecule has 0 amide bonds. The van der Waals surface area contributed by atoms with Crippen molar-refractivity contribution in [2.24, 2.45) is 0 Å². The van der Waals surface area contributed by atoms with Crippen LogP contribution in [0, 0.1) is 0 Å². The van der Waals surface area contributed by atoms with Crippen LogP contribution in [0.3, 0.4) is 0 Å². The first-order valence-electron chi connectivity index (χ1n) is 4.01. The molecule has 0 spiro atoms.